The second-order valence-electron chi connectivity index (χ2n) is 7.26. The summed E-state index contributed by atoms with van der Waals surface area (Å²) in [7, 11) is -3.07. The Morgan fingerprint density at radius 3 is 2.79 bits per heavy atom. The van der Waals surface area contributed by atoms with Crippen molar-refractivity contribution >= 4 is 38.4 Å². The number of benzene rings is 1. The van der Waals surface area contributed by atoms with E-state index in [4.69, 9.17) is 4.74 Å². The molecule has 154 valence electrons. The Balaban J connectivity index is 1.87. The summed E-state index contributed by atoms with van der Waals surface area (Å²) >= 11 is 1.41. The second kappa shape index (κ2) is 9.31. The minimum atomic E-state index is -3.07. The first-order valence-electron chi connectivity index (χ1n) is 9.94. The second-order valence-corrected chi connectivity index (χ2v) is 10.6. The van der Waals surface area contributed by atoms with Crippen molar-refractivity contribution in [2.24, 2.45) is 4.99 Å². The third-order valence-corrected chi connectivity index (χ3v) is 8.10. The average molecular weight is 425 g/mol. The predicted molar refractivity (Wildman–Crippen MR) is 115 cm³/mol. The van der Waals surface area contributed by atoms with E-state index in [9.17, 15) is 13.2 Å². The minimum absolute atomic E-state index is 0.0904. The van der Waals surface area contributed by atoms with Gasteiger partial charge in [-0.2, -0.15) is 4.99 Å². The molecule has 28 heavy (non-hydrogen) atoms. The molecule has 0 aliphatic carbocycles. The summed E-state index contributed by atoms with van der Waals surface area (Å²) < 4.78 is 30.1. The number of hydrogen-bond acceptors (Lipinski definition) is 5. The van der Waals surface area contributed by atoms with Gasteiger partial charge in [0.05, 0.1) is 24.2 Å². The first kappa shape index (κ1) is 21.2. The zero-order chi connectivity index (χ0) is 20.1. The van der Waals surface area contributed by atoms with Crippen LogP contribution in [0.15, 0.2) is 29.3 Å². The van der Waals surface area contributed by atoms with Crippen LogP contribution in [-0.4, -0.2) is 48.9 Å². The van der Waals surface area contributed by atoms with Gasteiger partial charge in [-0.25, -0.2) is 8.42 Å². The Morgan fingerprint density at radius 1 is 1.25 bits per heavy atom. The molecule has 0 saturated carbocycles. The maximum absolute atomic E-state index is 12.3. The van der Waals surface area contributed by atoms with Gasteiger partial charge in [-0.15, -0.1) is 0 Å². The molecule has 8 heteroatoms. The summed E-state index contributed by atoms with van der Waals surface area (Å²) in [6.45, 7) is 4.79. The number of unbranched alkanes of at least 4 members (excludes halogenated alkanes) is 2. The Bertz CT molecular complexity index is 838. The standard InChI is InChI=1S/C20H28N2O4S2/c1-3-5-10-19(23)21-20-22(17-13-28(24,25)14-18(17)27-20)15-8-7-9-16(12-15)26-11-6-4-2/h7-9,12,17-18H,3-6,10-11,13-14H2,1-2H3. The zero-order valence-corrected chi connectivity index (χ0v) is 18.1. The molecule has 0 aromatic heterocycles. The molecule has 1 amide bonds. The highest BCUT2D eigenvalue weighted by atomic mass is 32.2. The topological polar surface area (TPSA) is 76.0 Å². The lowest BCUT2D eigenvalue weighted by Gasteiger charge is -2.25. The molecule has 2 heterocycles. The van der Waals surface area contributed by atoms with E-state index in [1.807, 2.05) is 36.1 Å². The van der Waals surface area contributed by atoms with E-state index in [-0.39, 0.29) is 28.7 Å². The van der Waals surface area contributed by atoms with E-state index in [2.05, 4.69) is 11.9 Å². The van der Waals surface area contributed by atoms with Gasteiger partial charge in [0, 0.05) is 23.4 Å². The van der Waals surface area contributed by atoms with Crippen molar-refractivity contribution in [2.75, 3.05) is 23.0 Å². The molecule has 2 fully saturated rings. The lowest BCUT2D eigenvalue weighted by Crippen LogP contribution is -2.37. The van der Waals surface area contributed by atoms with Crippen LogP contribution in [0.25, 0.3) is 0 Å². The number of carbonyl (C=O) groups is 1. The van der Waals surface area contributed by atoms with Crippen LogP contribution in [-0.2, 0) is 14.6 Å². The van der Waals surface area contributed by atoms with Crippen LogP contribution < -0.4 is 9.64 Å². The van der Waals surface area contributed by atoms with Crippen LogP contribution in [0.2, 0.25) is 0 Å². The number of sulfone groups is 1. The average Bonchev–Trinajstić information content (AvgIpc) is 3.11. The highest BCUT2D eigenvalue weighted by Gasteiger charge is 2.49. The van der Waals surface area contributed by atoms with E-state index in [1.54, 1.807) is 0 Å². The van der Waals surface area contributed by atoms with Gasteiger partial charge in [0.15, 0.2) is 15.0 Å². The van der Waals surface area contributed by atoms with Crippen molar-refractivity contribution < 1.29 is 17.9 Å². The van der Waals surface area contributed by atoms with Gasteiger partial charge >= 0.3 is 0 Å². The molecule has 0 spiro atoms. The van der Waals surface area contributed by atoms with Gasteiger partial charge in [0.25, 0.3) is 0 Å². The summed E-state index contributed by atoms with van der Waals surface area (Å²) in [5.41, 5.74) is 0.827. The summed E-state index contributed by atoms with van der Waals surface area (Å²) in [5, 5.41) is 0.518. The van der Waals surface area contributed by atoms with E-state index in [0.717, 1.165) is 37.1 Å². The van der Waals surface area contributed by atoms with Gasteiger partial charge in [0.2, 0.25) is 5.91 Å². The Labute approximate surface area is 171 Å². The van der Waals surface area contributed by atoms with Crippen molar-refractivity contribution in [1.82, 2.24) is 0 Å². The fraction of sp³-hybridized carbons (Fsp3) is 0.600. The Kier molecular flexibility index (Phi) is 7.04. The van der Waals surface area contributed by atoms with Gasteiger partial charge in [-0.1, -0.05) is 44.5 Å². The Hall–Kier alpha value is -1.54. The number of hydrogen-bond donors (Lipinski definition) is 0. The molecule has 0 bridgehead atoms. The van der Waals surface area contributed by atoms with Crippen molar-refractivity contribution in [2.45, 2.75) is 57.2 Å². The number of thioether (sulfide) groups is 1. The van der Waals surface area contributed by atoms with Crippen molar-refractivity contribution in [3.05, 3.63) is 24.3 Å². The van der Waals surface area contributed by atoms with E-state index >= 15 is 0 Å². The molecule has 1 aromatic rings. The fourth-order valence-corrected chi connectivity index (χ4v) is 7.35. The SMILES string of the molecule is CCCCOc1cccc(N2C(=NC(=O)CCCC)SC3CS(=O)(=O)CC32)c1. The molecule has 6 nitrogen and oxygen atoms in total. The number of fused-ring (bicyclic) bond motifs is 1. The highest BCUT2D eigenvalue weighted by molar-refractivity contribution is 8.16. The third kappa shape index (κ3) is 5.08. The quantitative estimate of drug-likeness (QED) is 0.593. The van der Waals surface area contributed by atoms with Crippen LogP contribution in [0.3, 0.4) is 0 Å². The normalized spacial score (nSPS) is 24.5. The smallest absolute Gasteiger partial charge is 0.248 e. The van der Waals surface area contributed by atoms with Gasteiger partial charge in [0.1, 0.15) is 5.75 Å². The molecule has 0 N–H and O–H groups in total. The summed E-state index contributed by atoms with van der Waals surface area (Å²) in [5.74, 6) is 0.825. The monoisotopic (exact) mass is 424 g/mol. The molecular formula is C20H28N2O4S2. The molecule has 2 aliphatic rings. The van der Waals surface area contributed by atoms with Gasteiger partial charge < -0.3 is 9.64 Å². The van der Waals surface area contributed by atoms with Gasteiger partial charge in [-0.05, 0) is 25.0 Å². The van der Waals surface area contributed by atoms with E-state index in [1.165, 1.54) is 11.8 Å². The summed E-state index contributed by atoms with van der Waals surface area (Å²) in [4.78, 5) is 18.5. The Morgan fingerprint density at radius 2 is 2.04 bits per heavy atom. The minimum Gasteiger partial charge on any atom is -0.494 e. The number of nitrogens with zero attached hydrogens (tertiary/aromatic N) is 2. The summed E-state index contributed by atoms with van der Waals surface area (Å²) in [6.07, 6.45) is 4.20. The van der Waals surface area contributed by atoms with Crippen LogP contribution in [0, 0.1) is 0 Å². The lowest BCUT2D eigenvalue weighted by atomic mass is 10.2. The number of amides is 1. The molecule has 2 aliphatic heterocycles. The first-order chi connectivity index (χ1) is 13.4. The molecular weight excluding hydrogens is 396 g/mol. The molecule has 2 atom stereocenters. The number of rotatable bonds is 8. The zero-order valence-electron chi connectivity index (χ0n) is 16.5. The molecule has 1 aromatic carbocycles. The largest absolute Gasteiger partial charge is 0.494 e. The van der Waals surface area contributed by atoms with Crippen molar-refractivity contribution in [3.63, 3.8) is 0 Å². The number of ether oxygens (including phenoxy) is 1. The lowest BCUT2D eigenvalue weighted by molar-refractivity contribution is -0.117. The third-order valence-electron chi connectivity index (χ3n) is 4.89. The summed E-state index contributed by atoms with van der Waals surface area (Å²) in [6, 6.07) is 7.43. The van der Waals surface area contributed by atoms with Crippen LogP contribution >= 0.6 is 11.8 Å². The van der Waals surface area contributed by atoms with Crippen molar-refractivity contribution in [1.29, 1.82) is 0 Å². The highest BCUT2D eigenvalue weighted by Crippen LogP contribution is 2.41. The maximum atomic E-state index is 12.3. The van der Waals surface area contributed by atoms with Crippen LogP contribution in [0.5, 0.6) is 5.75 Å². The van der Waals surface area contributed by atoms with Gasteiger partial charge in [-0.3, -0.25) is 4.79 Å². The molecule has 2 saturated heterocycles. The number of carbonyl (C=O) groups excluding carboxylic acids is 1. The van der Waals surface area contributed by atoms with E-state index in [0.29, 0.717) is 18.2 Å². The predicted octanol–water partition coefficient (Wildman–Crippen LogP) is 3.66. The fourth-order valence-electron chi connectivity index (χ4n) is 3.41. The molecule has 2 unspecified atom stereocenters. The first-order valence-corrected chi connectivity index (χ1v) is 12.6. The van der Waals surface area contributed by atoms with E-state index < -0.39 is 9.84 Å². The van der Waals surface area contributed by atoms with Crippen LogP contribution in [0.4, 0.5) is 5.69 Å². The number of anilines is 1. The maximum Gasteiger partial charge on any atom is 0.248 e. The number of amidine groups is 1. The molecule has 3 rings (SSSR count). The van der Waals surface area contributed by atoms with Crippen molar-refractivity contribution in [3.8, 4) is 5.75 Å². The van der Waals surface area contributed by atoms with Crippen LogP contribution in [0.1, 0.15) is 46.0 Å². The molecule has 0 radical (unpaired) electrons. The number of aliphatic imine (C=N–C) groups is 1.